The molecule has 3 nitrogen and oxygen atoms in total. The first kappa shape index (κ1) is 17.0. The lowest BCUT2D eigenvalue weighted by Gasteiger charge is -2.40. The van der Waals surface area contributed by atoms with Gasteiger partial charge < -0.3 is 0 Å². The molecule has 0 heterocycles. The van der Waals surface area contributed by atoms with Crippen molar-refractivity contribution in [2.24, 2.45) is 11.8 Å². The second-order valence-electron chi connectivity index (χ2n) is 5.05. The highest BCUT2D eigenvalue weighted by atomic mass is 19.4. The molecular weight excluding hydrogens is 299 g/mol. The minimum absolute atomic E-state index is 0.503. The normalized spacial score (nSPS) is 29.3. The van der Waals surface area contributed by atoms with Crippen molar-refractivity contribution < 1.29 is 35.7 Å². The van der Waals surface area contributed by atoms with Crippen LogP contribution in [-0.4, -0.2) is 29.0 Å². The summed E-state index contributed by atoms with van der Waals surface area (Å²) >= 11 is 0. The molecule has 1 aliphatic rings. The highest BCUT2D eigenvalue weighted by Crippen LogP contribution is 2.55. The van der Waals surface area contributed by atoms with Gasteiger partial charge in [-0.25, -0.2) is 4.39 Å². The van der Waals surface area contributed by atoms with Crippen molar-refractivity contribution in [2.45, 2.75) is 50.2 Å². The molecule has 0 bridgehead atoms. The number of rotatable bonds is 2. The van der Waals surface area contributed by atoms with Crippen LogP contribution in [0.5, 0.6) is 0 Å². The molecule has 10 heteroatoms. The van der Waals surface area contributed by atoms with E-state index in [-0.39, 0.29) is 0 Å². The van der Waals surface area contributed by atoms with E-state index in [9.17, 15) is 40.8 Å². The highest BCUT2D eigenvalue weighted by Gasteiger charge is 2.76. The molecule has 1 saturated carbocycles. The first-order valence-corrected chi connectivity index (χ1v) is 5.78. The van der Waals surface area contributed by atoms with Crippen LogP contribution in [0.2, 0.25) is 0 Å². The zero-order valence-electron chi connectivity index (χ0n) is 10.3. The fourth-order valence-electron chi connectivity index (χ4n) is 2.68. The fraction of sp³-hybridized carbons (Fsp3) is 1.00. The molecule has 3 unspecified atom stereocenters. The predicted octanol–water partition coefficient (Wildman–Crippen LogP) is 3.90. The Morgan fingerprint density at radius 1 is 1.00 bits per heavy atom. The van der Waals surface area contributed by atoms with Gasteiger partial charge in [-0.3, -0.25) is 10.1 Å². The molecular formula is C10H12F7NO2. The maximum absolute atomic E-state index is 13.8. The van der Waals surface area contributed by atoms with Gasteiger partial charge in [0, 0.05) is 23.2 Å². The van der Waals surface area contributed by atoms with Crippen LogP contribution in [-0.2, 0) is 0 Å². The number of halogens is 7. The Labute approximate surface area is 109 Å². The molecule has 0 aromatic rings. The van der Waals surface area contributed by atoms with Gasteiger partial charge in [0.15, 0.2) is 0 Å². The van der Waals surface area contributed by atoms with E-state index in [2.05, 4.69) is 0 Å². The largest absolute Gasteiger partial charge is 0.431 e. The molecule has 0 saturated heterocycles. The van der Waals surface area contributed by atoms with E-state index in [0.717, 1.165) is 6.92 Å². The van der Waals surface area contributed by atoms with Crippen LogP contribution in [0.1, 0.15) is 26.2 Å². The van der Waals surface area contributed by atoms with Crippen molar-refractivity contribution in [3.05, 3.63) is 10.1 Å². The van der Waals surface area contributed by atoms with E-state index >= 15 is 0 Å². The van der Waals surface area contributed by atoms with Crippen LogP contribution in [0, 0.1) is 22.0 Å². The standard InChI is InChI=1S/C10H12F7NO2/c1-5-4-6(2-3-7(5)18(19)20)8(11,9(12,13)14)10(15,16)17/h5-7H,2-4H2,1H3. The Morgan fingerprint density at radius 3 is 1.75 bits per heavy atom. The van der Waals surface area contributed by atoms with E-state index in [4.69, 9.17) is 0 Å². The number of alkyl halides is 7. The smallest absolute Gasteiger partial charge is 0.264 e. The number of nitrogens with zero attached hydrogens (tertiary/aromatic N) is 1. The van der Waals surface area contributed by atoms with Gasteiger partial charge in [-0.2, -0.15) is 26.3 Å². The Morgan fingerprint density at radius 2 is 1.45 bits per heavy atom. The lowest BCUT2D eigenvalue weighted by molar-refractivity contribution is -0.537. The topological polar surface area (TPSA) is 43.1 Å². The third kappa shape index (κ3) is 2.69. The van der Waals surface area contributed by atoms with Crippen molar-refractivity contribution in [1.29, 1.82) is 0 Å². The van der Waals surface area contributed by atoms with Crippen molar-refractivity contribution in [2.75, 3.05) is 0 Å². The number of hydrogen-bond acceptors (Lipinski definition) is 2. The van der Waals surface area contributed by atoms with Crippen LogP contribution < -0.4 is 0 Å². The molecule has 118 valence electrons. The Bertz CT molecular complexity index is 365. The van der Waals surface area contributed by atoms with E-state index in [0.29, 0.717) is 0 Å². The molecule has 1 aliphatic carbocycles. The maximum Gasteiger partial charge on any atom is 0.431 e. The molecule has 0 spiro atoms. The second kappa shape index (κ2) is 5.03. The summed E-state index contributed by atoms with van der Waals surface area (Å²) < 4.78 is 89.0. The van der Waals surface area contributed by atoms with Crippen LogP contribution in [0.25, 0.3) is 0 Å². The molecule has 0 aliphatic heterocycles. The molecule has 20 heavy (non-hydrogen) atoms. The van der Waals surface area contributed by atoms with Gasteiger partial charge in [0.05, 0.1) is 0 Å². The summed E-state index contributed by atoms with van der Waals surface area (Å²) in [5, 5.41) is 10.6. The van der Waals surface area contributed by atoms with Gasteiger partial charge in [0.1, 0.15) is 0 Å². The van der Waals surface area contributed by atoms with E-state index in [1.54, 1.807) is 0 Å². The Balaban J connectivity index is 3.06. The van der Waals surface area contributed by atoms with Gasteiger partial charge in [0.25, 0.3) is 0 Å². The van der Waals surface area contributed by atoms with Gasteiger partial charge in [0.2, 0.25) is 6.04 Å². The van der Waals surface area contributed by atoms with E-state index in [1.165, 1.54) is 0 Å². The first-order valence-electron chi connectivity index (χ1n) is 5.78. The summed E-state index contributed by atoms with van der Waals surface area (Å²) in [5.41, 5.74) is -5.32. The first-order chi connectivity index (χ1) is 8.82. The summed E-state index contributed by atoms with van der Waals surface area (Å²) in [5.74, 6) is -3.41. The summed E-state index contributed by atoms with van der Waals surface area (Å²) in [6, 6.07) is -1.24. The summed E-state index contributed by atoms with van der Waals surface area (Å²) in [6.07, 6.45) is -14.4. The third-order valence-corrected chi connectivity index (χ3v) is 3.78. The quantitative estimate of drug-likeness (QED) is 0.441. The maximum atomic E-state index is 13.8. The molecule has 0 aromatic heterocycles. The van der Waals surface area contributed by atoms with Crippen LogP contribution in [0.15, 0.2) is 0 Å². The van der Waals surface area contributed by atoms with Gasteiger partial charge in [-0.05, 0) is 12.8 Å². The molecule has 0 aromatic carbocycles. The minimum Gasteiger partial charge on any atom is -0.264 e. The van der Waals surface area contributed by atoms with Crippen LogP contribution in [0.4, 0.5) is 30.7 Å². The van der Waals surface area contributed by atoms with Crippen LogP contribution in [0.3, 0.4) is 0 Å². The fourth-order valence-corrected chi connectivity index (χ4v) is 2.68. The predicted molar refractivity (Wildman–Crippen MR) is 53.2 cm³/mol. The zero-order chi connectivity index (χ0) is 15.9. The molecule has 0 N–H and O–H groups in total. The van der Waals surface area contributed by atoms with Gasteiger partial charge >= 0.3 is 18.0 Å². The number of nitro groups is 1. The zero-order valence-corrected chi connectivity index (χ0v) is 10.3. The highest BCUT2D eigenvalue weighted by molar-refractivity contribution is 5.02. The molecule has 0 radical (unpaired) electrons. The number of hydrogen-bond donors (Lipinski definition) is 0. The molecule has 0 amide bonds. The van der Waals surface area contributed by atoms with Gasteiger partial charge in [-0.1, -0.05) is 6.92 Å². The molecule has 3 atom stereocenters. The Kier molecular flexibility index (Phi) is 4.27. The summed E-state index contributed by atoms with van der Waals surface area (Å²) in [4.78, 5) is 9.83. The summed E-state index contributed by atoms with van der Waals surface area (Å²) in [6.45, 7) is 1.16. The SMILES string of the molecule is CC1CC(C(F)(C(F)(F)F)C(F)(F)F)CCC1[N+](=O)[O-]. The Hall–Kier alpha value is -1.09. The molecule has 1 fully saturated rings. The van der Waals surface area contributed by atoms with E-state index < -0.39 is 60.1 Å². The average molecular weight is 311 g/mol. The second-order valence-corrected chi connectivity index (χ2v) is 5.05. The third-order valence-electron chi connectivity index (χ3n) is 3.78. The monoisotopic (exact) mass is 311 g/mol. The van der Waals surface area contributed by atoms with Crippen molar-refractivity contribution >= 4 is 0 Å². The van der Waals surface area contributed by atoms with Crippen molar-refractivity contribution in [3.8, 4) is 0 Å². The average Bonchev–Trinajstić information content (AvgIpc) is 2.24. The molecule has 1 rings (SSSR count). The lowest BCUT2D eigenvalue weighted by atomic mass is 9.71. The summed E-state index contributed by atoms with van der Waals surface area (Å²) in [7, 11) is 0. The van der Waals surface area contributed by atoms with Gasteiger partial charge in [-0.15, -0.1) is 0 Å². The van der Waals surface area contributed by atoms with Crippen LogP contribution >= 0.6 is 0 Å². The lowest BCUT2D eigenvalue weighted by Crippen LogP contribution is -2.59. The van der Waals surface area contributed by atoms with Crippen molar-refractivity contribution in [1.82, 2.24) is 0 Å². The van der Waals surface area contributed by atoms with Crippen molar-refractivity contribution in [3.63, 3.8) is 0 Å². The van der Waals surface area contributed by atoms with E-state index in [1.807, 2.05) is 0 Å². The minimum atomic E-state index is -6.10.